The highest BCUT2D eigenvalue weighted by Gasteiger charge is 2.29. The second-order valence-electron chi connectivity index (χ2n) is 6.50. The second-order valence-corrected chi connectivity index (χ2v) is 6.50. The van der Waals surface area contributed by atoms with E-state index in [-0.39, 0.29) is 0 Å². The molecule has 0 radical (unpaired) electrons. The van der Waals surface area contributed by atoms with E-state index in [0.717, 1.165) is 25.7 Å². The van der Waals surface area contributed by atoms with Crippen LogP contribution in [0.5, 0.6) is 0 Å². The van der Waals surface area contributed by atoms with Crippen LogP contribution in [0.4, 0.5) is 0 Å². The molecule has 3 heteroatoms. The van der Waals surface area contributed by atoms with Gasteiger partial charge in [-0.1, -0.05) is 56.9 Å². The largest absolute Gasteiger partial charge is 0.366 e. The van der Waals surface area contributed by atoms with E-state index >= 15 is 0 Å². The first kappa shape index (κ1) is 18.4. The molecule has 0 aliphatic heterocycles. The molecule has 0 aromatic rings. The molecule has 122 valence electrons. The van der Waals surface area contributed by atoms with Crippen LogP contribution in [0.15, 0.2) is 24.3 Å². The molecule has 0 bridgehead atoms. The molecule has 0 fully saturated rings. The van der Waals surface area contributed by atoms with Gasteiger partial charge in [0.1, 0.15) is 5.60 Å². The zero-order valence-electron chi connectivity index (χ0n) is 13.9. The Morgan fingerprint density at radius 1 is 1.38 bits per heavy atom. The lowest BCUT2D eigenvalue weighted by atomic mass is 9.83. The van der Waals surface area contributed by atoms with Gasteiger partial charge < -0.3 is 5.11 Å². The molecule has 1 N–H and O–H groups in total. The van der Waals surface area contributed by atoms with Gasteiger partial charge in [-0.25, -0.2) is 9.78 Å². The van der Waals surface area contributed by atoms with Gasteiger partial charge in [-0.3, -0.25) is 0 Å². The number of unbranched alkanes of at least 4 members (excludes halogenated alkanes) is 4. The Kier molecular flexibility index (Phi) is 8.23. The van der Waals surface area contributed by atoms with Crippen LogP contribution in [0.2, 0.25) is 0 Å². The van der Waals surface area contributed by atoms with E-state index < -0.39 is 11.9 Å². The third kappa shape index (κ3) is 7.25. The summed E-state index contributed by atoms with van der Waals surface area (Å²) >= 11 is 0. The molecule has 0 saturated heterocycles. The van der Waals surface area contributed by atoms with E-state index in [2.05, 4.69) is 26.5 Å². The smallest absolute Gasteiger partial charge is 0.188 e. The maximum absolute atomic E-state index is 9.81. The minimum atomic E-state index is -0.823. The van der Waals surface area contributed by atoms with Crippen LogP contribution in [-0.4, -0.2) is 17.0 Å². The fourth-order valence-corrected chi connectivity index (χ4v) is 2.56. The zero-order valence-corrected chi connectivity index (χ0v) is 13.9. The fourth-order valence-electron chi connectivity index (χ4n) is 2.56. The number of aliphatic hydroxyl groups excluding tert-OH is 1. The molecule has 3 atom stereocenters. The minimum Gasteiger partial charge on any atom is -0.366 e. The number of hydrogen-bond donors (Lipinski definition) is 1. The third-order valence-corrected chi connectivity index (χ3v) is 4.17. The van der Waals surface area contributed by atoms with Crippen LogP contribution < -0.4 is 0 Å². The van der Waals surface area contributed by atoms with Crippen LogP contribution in [0.25, 0.3) is 0 Å². The Morgan fingerprint density at radius 3 is 2.67 bits per heavy atom. The summed E-state index contributed by atoms with van der Waals surface area (Å²) in [6.45, 7) is 10.2. The quantitative estimate of drug-likeness (QED) is 0.204. The maximum atomic E-state index is 9.81. The molecule has 0 spiro atoms. The van der Waals surface area contributed by atoms with E-state index in [0.29, 0.717) is 12.3 Å². The summed E-state index contributed by atoms with van der Waals surface area (Å²) in [6, 6.07) is 0. The molecule has 1 unspecified atom stereocenters. The first-order valence-electron chi connectivity index (χ1n) is 8.34. The lowest BCUT2D eigenvalue weighted by Crippen LogP contribution is -2.32. The predicted octanol–water partition coefficient (Wildman–Crippen LogP) is 4.91. The molecule has 1 aliphatic carbocycles. The topological polar surface area (TPSA) is 38.7 Å². The molecule has 1 aliphatic rings. The van der Waals surface area contributed by atoms with E-state index in [1.54, 1.807) is 0 Å². The standard InChI is InChI=1S/C18H32O3/c1-5-6-7-8-9-10-17(19)20-21-18(4)13-11-16(12-14-18)15(2)3/h11,13,16-17,19H,2,5-10,12,14H2,1,3-4H3/t16-,17?,18+/m0/s1. The predicted molar refractivity (Wildman–Crippen MR) is 86.6 cm³/mol. The van der Waals surface area contributed by atoms with E-state index in [4.69, 9.17) is 9.78 Å². The van der Waals surface area contributed by atoms with Gasteiger partial charge >= 0.3 is 0 Å². The van der Waals surface area contributed by atoms with Crippen LogP contribution >= 0.6 is 0 Å². The van der Waals surface area contributed by atoms with E-state index in [1.807, 2.05) is 13.0 Å². The highest BCUT2D eigenvalue weighted by Crippen LogP contribution is 2.32. The maximum Gasteiger partial charge on any atom is 0.188 e. The van der Waals surface area contributed by atoms with Crippen molar-refractivity contribution in [1.29, 1.82) is 0 Å². The van der Waals surface area contributed by atoms with Crippen molar-refractivity contribution < 1.29 is 14.9 Å². The summed E-state index contributed by atoms with van der Waals surface area (Å²) in [4.78, 5) is 10.6. The van der Waals surface area contributed by atoms with Gasteiger partial charge in [0.15, 0.2) is 6.29 Å². The summed E-state index contributed by atoms with van der Waals surface area (Å²) in [5, 5.41) is 9.81. The van der Waals surface area contributed by atoms with Crippen LogP contribution in [0.3, 0.4) is 0 Å². The van der Waals surface area contributed by atoms with Gasteiger partial charge in [-0.2, -0.15) is 0 Å². The van der Waals surface area contributed by atoms with Crippen LogP contribution in [0, 0.1) is 5.92 Å². The zero-order chi connectivity index (χ0) is 15.7. The molecular weight excluding hydrogens is 264 g/mol. The van der Waals surface area contributed by atoms with Crippen LogP contribution in [-0.2, 0) is 9.78 Å². The normalized spacial score (nSPS) is 26.8. The average molecular weight is 296 g/mol. The number of rotatable bonds is 10. The second kappa shape index (κ2) is 9.39. The lowest BCUT2D eigenvalue weighted by molar-refractivity contribution is -0.408. The molecule has 1 rings (SSSR count). The molecule has 3 nitrogen and oxygen atoms in total. The van der Waals surface area contributed by atoms with Crippen molar-refractivity contribution in [3.63, 3.8) is 0 Å². The number of aliphatic hydroxyl groups is 1. The molecule has 0 saturated carbocycles. The molecule has 21 heavy (non-hydrogen) atoms. The monoisotopic (exact) mass is 296 g/mol. The Morgan fingerprint density at radius 2 is 2.10 bits per heavy atom. The first-order chi connectivity index (χ1) is 9.97. The first-order valence-corrected chi connectivity index (χ1v) is 8.34. The van der Waals surface area contributed by atoms with Gasteiger partial charge in [-0.05, 0) is 39.0 Å². The van der Waals surface area contributed by atoms with Crippen molar-refractivity contribution >= 4 is 0 Å². The molecule has 0 aromatic heterocycles. The van der Waals surface area contributed by atoms with Gasteiger partial charge in [0.05, 0.1) is 0 Å². The summed E-state index contributed by atoms with van der Waals surface area (Å²) in [5.74, 6) is 0.435. The van der Waals surface area contributed by atoms with Gasteiger partial charge in [-0.15, -0.1) is 0 Å². The van der Waals surface area contributed by atoms with Gasteiger partial charge in [0, 0.05) is 6.42 Å². The van der Waals surface area contributed by atoms with Crippen molar-refractivity contribution in [2.45, 2.75) is 84.0 Å². The van der Waals surface area contributed by atoms with Crippen molar-refractivity contribution in [2.24, 2.45) is 5.92 Å². The Bertz CT molecular complexity index is 337. The summed E-state index contributed by atoms with van der Waals surface area (Å²) < 4.78 is 0. The molecular formula is C18H32O3. The van der Waals surface area contributed by atoms with Gasteiger partial charge in [0.25, 0.3) is 0 Å². The molecule has 0 heterocycles. The van der Waals surface area contributed by atoms with Crippen molar-refractivity contribution in [1.82, 2.24) is 0 Å². The molecule has 0 aromatic carbocycles. The summed E-state index contributed by atoms with van der Waals surface area (Å²) in [7, 11) is 0. The SMILES string of the molecule is C=C(C)[C@H]1C=C[C@@](C)(OOC(O)CCCCCCC)CC1. The van der Waals surface area contributed by atoms with E-state index in [1.165, 1.54) is 24.8 Å². The Hall–Kier alpha value is -0.640. The highest BCUT2D eigenvalue weighted by molar-refractivity contribution is 5.15. The van der Waals surface area contributed by atoms with E-state index in [9.17, 15) is 5.11 Å². The Labute approximate surface area is 130 Å². The highest BCUT2D eigenvalue weighted by atomic mass is 17.2. The molecule has 0 amide bonds. The number of allylic oxidation sites excluding steroid dienone is 2. The number of hydrogen-bond acceptors (Lipinski definition) is 3. The Balaban J connectivity index is 2.21. The summed E-state index contributed by atoms with van der Waals surface area (Å²) in [5.41, 5.74) is 0.746. The van der Waals surface area contributed by atoms with Crippen molar-refractivity contribution in [3.05, 3.63) is 24.3 Å². The lowest BCUT2D eigenvalue weighted by Gasteiger charge is -2.31. The minimum absolute atomic E-state index is 0.435. The van der Waals surface area contributed by atoms with Gasteiger partial charge in [0.2, 0.25) is 0 Å². The van der Waals surface area contributed by atoms with Crippen molar-refractivity contribution in [2.75, 3.05) is 0 Å². The average Bonchev–Trinajstić information content (AvgIpc) is 2.45. The third-order valence-electron chi connectivity index (χ3n) is 4.17. The summed E-state index contributed by atoms with van der Waals surface area (Å²) in [6.07, 6.45) is 11.7. The fraction of sp³-hybridized carbons (Fsp3) is 0.778. The van der Waals surface area contributed by atoms with Crippen molar-refractivity contribution in [3.8, 4) is 0 Å². The van der Waals surface area contributed by atoms with Crippen LogP contribution in [0.1, 0.15) is 72.1 Å².